The molecule has 0 saturated heterocycles. The number of ether oxygens (including phenoxy) is 2. The first-order valence-electron chi connectivity index (χ1n) is 11.0. The van der Waals surface area contributed by atoms with E-state index in [4.69, 9.17) is 9.47 Å². The summed E-state index contributed by atoms with van der Waals surface area (Å²) in [6.07, 6.45) is 9.72. The number of hydrogen-bond donors (Lipinski definition) is 0. The zero-order chi connectivity index (χ0) is 22.0. The van der Waals surface area contributed by atoms with Gasteiger partial charge < -0.3 is 9.47 Å². The van der Waals surface area contributed by atoms with E-state index in [-0.39, 0.29) is 0 Å². The second-order valence-corrected chi connectivity index (χ2v) is 8.51. The summed E-state index contributed by atoms with van der Waals surface area (Å²) >= 11 is 0. The molecule has 0 amide bonds. The first-order chi connectivity index (χ1) is 15.0. The predicted octanol–water partition coefficient (Wildman–Crippen LogP) is 3.66. The lowest BCUT2D eigenvalue weighted by molar-refractivity contribution is 0.0526. The summed E-state index contributed by atoms with van der Waals surface area (Å²) in [7, 11) is 1.59. The summed E-state index contributed by atoms with van der Waals surface area (Å²) in [6.45, 7) is 7.54. The van der Waals surface area contributed by atoms with Gasteiger partial charge in [-0.25, -0.2) is 14.5 Å². The summed E-state index contributed by atoms with van der Waals surface area (Å²) in [5.74, 6) is 2.52. The van der Waals surface area contributed by atoms with Crippen molar-refractivity contribution in [2.24, 2.45) is 17.8 Å². The molecule has 0 bridgehead atoms. The van der Waals surface area contributed by atoms with E-state index >= 15 is 0 Å². The molecule has 3 heterocycles. The van der Waals surface area contributed by atoms with Crippen molar-refractivity contribution >= 4 is 17.0 Å². The lowest BCUT2D eigenvalue weighted by atomic mass is 9.77. The van der Waals surface area contributed by atoms with Crippen molar-refractivity contribution in [1.82, 2.24) is 29.5 Å². The lowest BCUT2D eigenvalue weighted by Gasteiger charge is -2.30. The van der Waals surface area contributed by atoms with E-state index in [9.17, 15) is 4.79 Å². The molecule has 0 aliphatic heterocycles. The van der Waals surface area contributed by atoms with Crippen LogP contribution < -0.4 is 4.74 Å². The second kappa shape index (κ2) is 9.03. The molecule has 0 unspecified atom stereocenters. The minimum Gasteiger partial charge on any atom is -0.479 e. The van der Waals surface area contributed by atoms with Crippen LogP contribution in [0, 0.1) is 17.8 Å². The fraction of sp³-hybridized carbons (Fsp3) is 0.591. The minimum absolute atomic E-state index is 0.304. The van der Waals surface area contributed by atoms with Gasteiger partial charge in [0.1, 0.15) is 11.0 Å². The van der Waals surface area contributed by atoms with Crippen LogP contribution in [0.5, 0.6) is 5.88 Å². The average Bonchev–Trinajstić information content (AvgIpc) is 3.41. The van der Waals surface area contributed by atoms with Gasteiger partial charge in [-0.2, -0.15) is 15.2 Å². The molecule has 1 aliphatic rings. The van der Waals surface area contributed by atoms with Crippen LogP contribution in [0.4, 0.5) is 0 Å². The lowest BCUT2D eigenvalue weighted by Crippen LogP contribution is -2.22. The van der Waals surface area contributed by atoms with Crippen LogP contribution in [0.3, 0.4) is 0 Å². The maximum absolute atomic E-state index is 11.9. The Bertz CT molecular complexity index is 1050. The van der Waals surface area contributed by atoms with Crippen molar-refractivity contribution in [2.45, 2.75) is 53.0 Å². The largest absolute Gasteiger partial charge is 0.479 e. The zero-order valence-corrected chi connectivity index (χ0v) is 18.6. The van der Waals surface area contributed by atoms with Crippen LogP contribution in [-0.2, 0) is 11.3 Å². The summed E-state index contributed by atoms with van der Waals surface area (Å²) in [4.78, 5) is 21.0. The van der Waals surface area contributed by atoms with Crippen molar-refractivity contribution in [3.63, 3.8) is 0 Å². The monoisotopic (exact) mass is 426 g/mol. The van der Waals surface area contributed by atoms with E-state index in [2.05, 4.69) is 34.0 Å². The van der Waals surface area contributed by atoms with Crippen LogP contribution in [0.1, 0.15) is 56.8 Å². The van der Waals surface area contributed by atoms with Crippen LogP contribution in [-0.4, -0.2) is 49.2 Å². The van der Waals surface area contributed by atoms with Gasteiger partial charge in [-0.1, -0.05) is 13.8 Å². The molecule has 1 aliphatic carbocycles. The van der Waals surface area contributed by atoms with Crippen LogP contribution in [0.25, 0.3) is 17.0 Å². The Labute approximate surface area is 181 Å². The number of rotatable bonds is 7. The zero-order valence-electron chi connectivity index (χ0n) is 18.6. The third-order valence-electron chi connectivity index (χ3n) is 6.20. The van der Waals surface area contributed by atoms with Gasteiger partial charge in [0.05, 0.1) is 31.7 Å². The van der Waals surface area contributed by atoms with E-state index in [1.165, 1.54) is 36.6 Å². The Hall–Kier alpha value is -2.97. The van der Waals surface area contributed by atoms with Gasteiger partial charge in [-0.15, -0.1) is 0 Å². The Morgan fingerprint density at radius 2 is 1.94 bits per heavy atom. The SMILES string of the molecule is CCOC(=O)c1cnn(-c2nc(OC)c3c(cnn3CC3CCC(C(C)C)CC3)n2)c1. The minimum atomic E-state index is -0.429. The molecule has 3 aromatic heterocycles. The van der Waals surface area contributed by atoms with E-state index in [0.717, 1.165) is 23.9 Å². The highest BCUT2D eigenvalue weighted by atomic mass is 16.5. The molecule has 9 nitrogen and oxygen atoms in total. The highest BCUT2D eigenvalue weighted by molar-refractivity contribution is 5.88. The second-order valence-electron chi connectivity index (χ2n) is 8.51. The normalized spacial score (nSPS) is 19.1. The van der Waals surface area contributed by atoms with Crippen molar-refractivity contribution < 1.29 is 14.3 Å². The first kappa shape index (κ1) is 21.3. The number of esters is 1. The Morgan fingerprint density at radius 3 is 2.61 bits per heavy atom. The van der Waals surface area contributed by atoms with Crippen molar-refractivity contribution in [3.8, 4) is 11.8 Å². The molecular formula is C22H30N6O3. The fourth-order valence-electron chi connectivity index (χ4n) is 4.37. The number of hydrogen-bond acceptors (Lipinski definition) is 7. The summed E-state index contributed by atoms with van der Waals surface area (Å²) < 4.78 is 14.0. The van der Waals surface area contributed by atoms with Gasteiger partial charge in [-0.05, 0) is 50.4 Å². The van der Waals surface area contributed by atoms with E-state index in [0.29, 0.717) is 35.4 Å². The van der Waals surface area contributed by atoms with Gasteiger partial charge in [-0.3, -0.25) is 4.68 Å². The van der Waals surface area contributed by atoms with Crippen LogP contribution in [0.15, 0.2) is 18.6 Å². The van der Waals surface area contributed by atoms with Crippen molar-refractivity contribution in [2.75, 3.05) is 13.7 Å². The molecule has 9 heteroatoms. The van der Waals surface area contributed by atoms with E-state index in [1.807, 2.05) is 4.68 Å². The van der Waals surface area contributed by atoms with Crippen molar-refractivity contribution in [1.29, 1.82) is 0 Å². The number of fused-ring (bicyclic) bond motifs is 1. The van der Waals surface area contributed by atoms with E-state index < -0.39 is 5.97 Å². The van der Waals surface area contributed by atoms with Gasteiger partial charge in [0.15, 0.2) is 0 Å². The van der Waals surface area contributed by atoms with Gasteiger partial charge in [0.25, 0.3) is 5.95 Å². The molecule has 1 saturated carbocycles. The molecule has 0 atom stereocenters. The highest BCUT2D eigenvalue weighted by Crippen LogP contribution is 2.35. The number of carbonyl (C=O) groups excluding carboxylic acids is 1. The standard InChI is InChI=1S/C22H30N6O3/c1-5-31-21(29)17-10-23-28(13-17)22-25-18-11-24-27(19(18)20(26-22)30-4)12-15-6-8-16(9-7-15)14(2)3/h10-11,13-16H,5-9,12H2,1-4H3. The molecule has 0 aromatic carbocycles. The number of carbonyl (C=O) groups is 1. The Balaban J connectivity index is 1.57. The van der Waals surface area contributed by atoms with E-state index in [1.54, 1.807) is 26.4 Å². The molecule has 31 heavy (non-hydrogen) atoms. The number of aromatic nitrogens is 6. The maximum atomic E-state index is 11.9. The number of methoxy groups -OCH3 is 1. The number of nitrogens with zero attached hydrogens (tertiary/aromatic N) is 6. The smallest absolute Gasteiger partial charge is 0.341 e. The average molecular weight is 427 g/mol. The molecule has 0 spiro atoms. The maximum Gasteiger partial charge on any atom is 0.341 e. The molecule has 0 radical (unpaired) electrons. The highest BCUT2D eigenvalue weighted by Gasteiger charge is 2.25. The van der Waals surface area contributed by atoms with Crippen LogP contribution >= 0.6 is 0 Å². The first-order valence-corrected chi connectivity index (χ1v) is 11.0. The topological polar surface area (TPSA) is 97.0 Å². The molecular weight excluding hydrogens is 396 g/mol. The van der Waals surface area contributed by atoms with Gasteiger partial charge in [0.2, 0.25) is 5.88 Å². The Kier molecular flexibility index (Phi) is 6.20. The molecule has 0 N–H and O–H groups in total. The van der Waals surface area contributed by atoms with Crippen LogP contribution in [0.2, 0.25) is 0 Å². The van der Waals surface area contributed by atoms with Gasteiger partial charge >= 0.3 is 5.97 Å². The van der Waals surface area contributed by atoms with Gasteiger partial charge in [0, 0.05) is 12.7 Å². The van der Waals surface area contributed by atoms with Crippen molar-refractivity contribution in [3.05, 3.63) is 24.2 Å². The molecule has 1 fully saturated rings. The quantitative estimate of drug-likeness (QED) is 0.532. The summed E-state index contributed by atoms with van der Waals surface area (Å²) in [6, 6.07) is 0. The third-order valence-corrected chi connectivity index (χ3v) is 6.20. The predicted molar refractivity (Wildman–Crippen MR) is 115 cm³/mol. The summed E-state index contributed by atoms with van der Waals surface area (Å²) in [5, 5.41) is 8.78. The molecule has 4 rings (SSSR count). The third kappa shape index (κ3) is 4.40. The summed E-state index contributed by atoms with van der Waals surface area (Å²) in [5.41, 5.74) is 1.82. The molecule has 166 valence electrons. The fourth-order valence-corrected chi connectivity index (χ4v) is 4.37. The molecule has 3 aromatic rings. The Morgan fingerprint density at radius 1 is 1.16 bits per heavy atom.